The highest BCUT2D eigenvalue weighted by Gasteiger charge is 2.05. The van der Waals surface area contributed by atoms with Crippen LogP contribution in [0.15, 0.2) is 18.2 Å². The number of hydrogen-bond acceptors (Lipinski definition) is 4. The minimum atomic E-state index is 0.635. The Labute approximate surface area is 103 Å². The van der Waals surface area contributed by atoms with Crippen LogP contribution >= 0.6 is 12.6 Å². The summed E-state index contributed by atoms with van der Waals surface area (Å²) in [4.78, 5) is 0. The fraction of sp³-hybridized carbons (Fsp3) is 0.500. The minimum Gasteiger partial charge on any atom is -0.490 e. The second-order valence-corrected chi connectivity index (χ2v) is 3.63. The molecule has 90 valence electrons. The summed E-state index contributed by atoms with van der Waals surface area (Å²) >= 11 is 4.15. The number of rotatable bonds is 7. The average molecular weight is 241 g/mol. The van der Waals surface area contributed by atoms with E-state index < -0.39 is 0 Å². The Balaban J connectivity index is 2.79. The van der Waals surface area contributed by atoms with Crippen molar-refractivity contribution < 1.29 is 9.47 Å². The highest BCUT2D eigenvalue weighted by atomic mass is 32.1. The predicted molar refractivity (Wildman–Crippen MR) is 71.1 cm³/mol. The zero-order valence-corrected chi connectivity index (χ0v) is 10.7. The zero-order valence-electron chi connectivity index (χ0n) is 9.82. The third-order valence-electron chi connectivity index (χ3n) is 1.98. The van der Waals surface area contributed by atoms with Crippen LogP contribution in [0, 0.1) is 0 Å². The Morgan fingerprint density at radius 1 is 1.12 bits per heavy atom. The molecule has 0 saturated heterocycles. The van der Waals surface area contributed by atoms with Crippen LogP contribution in [0.4, 0.5) is 5.69 Å². The first kappa shape index (κ1) is 13.0. The van der Waals surface area contributed by atoms with E-state index in [0.717, 1.165) is 29.5 Å². The molecule has 0 saturated carbocycles. The lowest BCUT2D eigenvalue weighted by atomic mass is 10.2. The van der Waals surface area contributed by atoms with Gasteiger partial charge < -0.3 is 14.8 Å². The van der Waals surface area contributed by atoms with E-state index in [1.54, 1.807) is 0 Å². The molecule has 4 heteroatoms. The van der Waals surface area contributed by atoms with Gasteiger partial charge in [-0.3, -0.25) is 0 Å². The van der Waals surface area contributed by atoms with Crippen LogP contribution in [0.2, 0.25) is 0 Å². The summed E-state index contributed by atoms with van der Waals surface area (Å²) in [6.45, 7) is 6.04. The van der Waals surface area contributed by atoms with Gasteiger partial charge in [0.1, 0.15) is 0 Å². The second kappa shape index (κ2) is 7.28. The highest BCUT2D eigenvalue weighted by Crippen LogP contribution is 2.30. The molecule has 0 fully saturated rings. The van der Waals surface area contributed by atoms with Gasteiger partial charge in [0, 0.05) is 24.1 Å². The summed E-state index contributed by atoms with van der Waals surface area (Å²) in [7, 11) is 0. The fourth-order valence-electron chi connectivity index (χ4n) is 1.36. The molecule has 0 amide bonds. The van der Waals surface area contributed by atoms with E-state index in [9.17, 15) is 0 Å². The van der Waals surface area contributed by atoms with Gasteiger partial charge in [0.05, 0.1) is 13.2 Å². The smallest absolute Gasteiger partial charge is 0.163 e. The maximum atomic E-state index is 5.53. The molecule has 0 bridgehead atoms. The van der Waals surface area contributed by atoms with Crippen molar-refractivity contribution in [2.75, 3.05) is 30.8 Å². The summed E-state index contributed by atoms with van der Waals surface area (Å²) in [5.74, 6) is 2.38. The number of nitrogens with one attached hydrogen (secondary N) is 1. The normalized spacial score (nSPS) is 9.94. The molecule has 1 aromatic carbocycles. The molecule has 0 spiro atoms. The summed E-state index contributed by atoms with van der Waals surface area (Å²) in [5, 5.41) is 3.25. The third kappa shape index (κ3) is 3.85. The summed E-state index contributed by atoms with van der Waals surface area (Å²) in [6, 6.07) is 5.87. The Bertz CT molecular complexity index is 318. The Morgan fingerprint density at radius 2 is 1.81 bits per heavy atom. The van der Waals surface area contributed by atoms with E-state index in [1.165, 1.54) is 0 Å². The van der Waals surface area contributed by atoms with Crippen LogP contribution < -0.4 is 14.8 Å². The van der Waals surface area contributed by atoms with E-state index in [1.807, 2.05) is 32.0 Å². The lowest BCUT2D eigenvalue weighted by Gasteiger charge is -2.13. The molecule has 0 unspecified atom stereocenters. The van der Waals surface area contributed by atoms with Gasteiger partial charge in [-0.15, -0.1) is 0 Å². The lowest BCUT2D eigenvalue weighted by Crippen LogP contribution is -2.04. The van der Waals surface area contributed by atoms with Crippen LogP contribution in [-0.4, -0.2) is 25.5 Å². The topological polar surface area (TPSA) is 30.5 Å². The van der Waals surface area contributed by atoms with Crippen molar-refractivity contribution >= 4 is 18.3 Å². The van der Waals surface area contributed by atoms with E-state index in [4.69, 9.17) is 9.47 Å². The molecule has 1 N–H and O–H groups in total. The zero-order chi connectivity index (χ0) is 11.8. The third-order valence-corrected chi connectivity index (χ3v) is 2.21. The molecule has 1 aromatic rings. The van der Waals surface area contributed by atoms with E-state index >= 15 is 0 Å². The van der Waals surface area contributed by atoms with E-state index in [-0.39, 0.29) is 0 Å². The molecular weight excluding hydrogens is 222 g/mol. The number of thiol groups is 1. The molecule has 0 heterocycles. The van der Waals surface area contributed by atoms with Crippen molar-refractivity contribution in [1.29, 1.82) is 0 Å². The quantitative estimate of drug-likeness (QED) is 0.720. The standard InChI is InChI=1S/C12H19NO2S/c1-3-14-11-6-5-10(13-7-8-16)9-12(11)15-4-2/h5-6,9,13,16H,3-4,7-8H2,1-2H3. The maximum absolute atomic E-state index is 5.53. The van der Waals surface area contributed by atoms with Gasteiger partial charge in [-0.1, -0.05) is 0 Å². The number of anilines is 1. The monoisotopic (exact) mass is 241 g/mol. The van der Waals surface area contributed by atoms with Crippen molar-refractivity contribution in [3.8, 4) is 11.5 Å². The minimum absolute atomic E-state index is 0.635. The van der Waals surface area contributed by atoms with Crippen LogP contribution in [0.3, 0.4) is 0 Å². The van der Waals surface area contributed by atoms with Crippen LogP contribution in [0.25, 0.3) is 0 Å². The first-order valence-electron chi connectivity index (χ1n) is 5.56. The number of ether oxygens (including phenoxy) is 2. The summed E-state index contributed by atoms with van der Waals surface area (Å²) < 4.78 is 11.0. The van der Waals surface area contributed by atoms with E-state index in [2.05, 4.69) is 17.9 Å². The van der Waals surface area contributed by atoms with E-state index in [0.29, 0.717) is 13.2 Å². The molecule has 0 aliphatic rings. The molecule has 1 rings (SSSR count). The Kier molecular flexibility index (Phi) is 5.93. The van der Waals surface area contributed by atoms with Gasteiger partial charge >= 0.3 is 0 Å². The SMILES string of the molecule is CCOc1ccc(NCCS)cc1OCC. The molecule has 0 atom stereocenters. The average Bonchev–Trinajstić information content (AvgIpc) is 2.30. The lowest BCUT2D eigenvalue weighted by molar-refractivity contribution is 0.288. The van der Waals surface area contributed by atoms with Crippen LogP contribution in [0.1, 0.15) is 13.8 Å². The second-order valence-electron chi connectivity index (χ2n) is 3.18. The predicted octanol–water partition coefficient (Wildman–Crippen LogP) is 2.83. The maximum Gasteiger partial charge on any atom is 0.163 e. The molecule has 0 radical (unpaired) electrons. The first-order valence-corrected chi connectivity index (χ1v) is 6.19. The molecule has 0 aliphatic carbocycles. The van der Waals surface area contributed by atoms with Crippen molar-refractivity contribution in [3.63, 3.8) is 0 Å². The van der Waals surface area contributed by atoms with Gasteiger partial charge in [-0.25, -0.2) is 0 Å². The molecule has 16 heavy (non-hydrogen) atoms. The Hall–Kier alpha value is -1.03. The van der Waals surface area contributed by atoms with Crippen molar-refractivity contribution in [2.24, 2.45) is 0 Å². The molecular formula is C12H19NO2S. The Morgan fingerprint density at radius 3 is 2.44 bits per heavy atom. The number of benzene rings is 1. The van der Waals surface area contributed by atoms with Gasteiger partial charge in [0.25, 0.3) is 0 Å². The van der Waals surface area contributed by atoms with Gasteiger partial charge in [0.15, 0.2) is 11.5 Å². The van der Waals surface area contributed by atoms with Crippen molar-refractivity contribution in [2.45, 2.75) is 13.8 Å². The molecule has 3 nitrogen and oxygen atoms in total. The fourth-order valence-corrected chi connectivity index (χ4v) is 1.47. The number of hydrogen-bond donors (Lipinski definition) is 2. The van der Waals surface area contributed by atoms with Crippen molar-refractivity contribution in [1.82, 2.24) is 0 Å². The molecule has 0 aliphatic heterocycles. The van der Waals surface area contributed by atoms with Gasteiger partial charge in [0.2, 0.25) is 0 Å². The van der Waals surface area contributed by atoms with Crippen LogP contribution in [-0.2, 0) is 0 Å². The summed E-state index contributed by atoms with van der Waals surface area (Å²) in [6.07, 6.45) is 0. The largest absolute Gasteiger partial charge is 0.490 e. The van der Waals surface area contributed by atoms with Crippen LogP contribution in [0.5, 0.6) is 11.5 Å². The van der Waals surface area contributed by atoms with Crippen molar-refractivity contribution in [3.05, 3.63) is 18.2 Å². The highest BCUT2D eigenvalue weighted by molar-refractivity contribution is 7.80. The first-order chi connectivity index (χ1) is 7.81. The van der Waals surface area contributed by atoms with Gasteiger partial charge in [-0.2, -0.15) is 12.6 Å². The summed E-state index contributed by atoms with van der Waals surface area (Å²) in [5.41, 5.74) is 1.03. The van der Waals surface area contributed by atoms with Gasteiger partial charge in [-0.05, 0) is 26.0 Å². The molecule has 0 aromatic heterocycles.